The lowest BCUT2D eigenvalue weighted by Gasteiger charge is -2.21. The molecule has 0 bridgehead atoms. The maximum Gasteiger partial charge on any atom is 0.330 e. The van der Waals surface area contributed by atoms with E-state index in [2.05, 4.69) is 70.7 Å². The average molecular weight is 455 g/mol. The largest absolute Gasteiger partial charge is 0.496 e. The molecule has 4 heteroatoms. The minimum atomic E-state index is -0.345. The summed E-state index contributed by atoms with van der Waals surface area (Å²) < 4.78 is 10.6. The van der Waals surface area contributed by atoms with Gasteiger partial charge in [-0.15, -0.1) is 31.2 Å². The standard InChI is InChI=1S/C26H36O3S.C2H2/c1-9-13-30-17-21(12-10-11-20(6)14-25(27)28-7)24-16-22(18(2)3)15-23(19(4)5)26(24)29-8;1-2/h9-11,14-19H,1,12-13H2,2-8H3;1-2H/b11-10+,20-14+,21-17+;. The van der Waals surface area contributed by atoms with Crippen molar-refractivity contribution in [1.29, 1.82) is 0 Å². The zero-order valence-electron chi connectivity index (χ0n) is 20.6. The Bertz CT molecular complexity index is 855. The molecule has 0 spiro atoms. The fraction of sp³-hybridized carbons (Fsp3) is 0.393. The lowest BCUT2D eigenvalue weighted by atomic mass is 9.89. The van der Waals surface area contributed by atoms with E-state index in [1.165, 1.54) is 29.9 Å². The van der Waals surface area contributed by atoms with Crippen molar-refractivity contribution in [3.8, 4) is 18.6 Å². The number of rotatable bonds is 11. The highest BCUT2D eigenvalue weighted by atomic mass is 32.2. The van der Waals surface area contributed by atoms with E-state index < -0.39 is 0 Å². The molecule has 0 aliphatic heterocycles. The van der Waals surface area contributed by atoms with E-state index in [4.69, 9.17) is 9.47 Å². The summed E-state index contributed by atoms with van der Waals surface area (Å²) >= 11 is 1.72. The fourth-order valence-corrected chi connectivity index (χ4v) is 3.66. The number of carbonyl (C=O) groups excluding carboxylic acids is 1. The summed E-state index contributed by atoms with van der Waals surface area (Å²) in [6, 6.07) is 4.52. The monoisotopic (exact) mass is 454 g/mol. The van der Waals surface area contributed by atoms with Crippen molar-refractivity contribution in [2.24, 2.45) is 0 Å². The number of carbonyl (C=O) groups is 1. The summed E-state index contributed by atoms with van der Waals surface area (Å²) in [5.74, 6) is 2.23. The number of ether oxygens (including phenoxy) is 2. The Morgan fingerprint density at radius 2 is 1.81 bits per heavy atom. The maximum atomic E-state index is 11.4. The predicted octanol–water partition coefficient (Wildman–Crippen LogP) is 7.52. The molecule has 0 saturated carbocycles. The summed E-state index contributed by atoms with van der Waals surface area (Å²) in [5, 5.41) is 2.19. The molecule has 0 aromatic heterocycles. The van der Waals surface area contributed by atoms with Crippen molar-refractivity contribution in [3.05, 3.63) is 70.7 Å². The number of esters is 1. The van der Waals surface area contributed by atoms with E-state index in [-0.39, 0.29) is 5.97 Å². The van der Waals surface area contributed by atoms with Gasteiger partial charge in [0.05, 0.1) is 14.2 Å². The number of hydrogen-bond acceptors (Lipinski definition) is 4. The summed E-state index contributed by atoms with van der Waals surface area (Å²) in [7, 11) is 3.13. The topological polar surface area (TPSA) is 35.5 Å². The maximum absolute atomic E-state index is 11.4. The van der Waals surface area contributed by atoms with Gasteiger partial charge in [-0.25, -0.2) is 4.79 Å². The zero-order valence-corrected chi connectivity index (χ0v) is 21.4. The lowest BCUT2D eigenvalue weighted by Crippen LogP contribution is -2.02. The van der Waals surface area contributed by atoms with Crippen molar-refractivity contribution in [1.82, 2.24) is 0 Å². The van der Waals surface area contributed by atoms with Crippen LogP contribution in [0.1, 0.15) is 69.6 Å². The van der Waals surface area contributed by atoms with Crippen LogP contribution in [0.4, 0.5) is 0 Å². The summed E-state index contributed by atoms with van der Waals surface area (Å²) in [4.78, 5) is 11.4. The Kier molecular flexibility index (Phi) is 14.7. The smallest absolute Gasteiger partial charge is 0.330 e. The third-order valence-electron chi connectivity index (χ3n) is 4.68. The second-order valence-corrected chi connectivity index (χ2v) is 8.69. The molecule has 1 rings (SSSR count). The van der Waals surface area contributed by atoms with Crippen LogP contribution < -0.4 is 4.74 Å². The zero-order chi connectivity index (χ0) is 24.7. The molecule has 0 amide bonds. The minimum Gasteiger partial charge on any atom is -0.496 e. The molecule has 0 fully saturated rings. The predicted molar refractivity (Wildman–Crippen MR) is 141 cm³/mol. The molecule has 32 heavy (non-hydrogen) atoms. The Balaban J connectivity index is 0.00000466. The Labute approximate surface area is 199 Å². The minimum absolute atomic E-state index is 0.345. The van der Waals surface area contributed by atoms with Gasteiger partial charge in [-0.3, -0.25) is 0 Å². The SMILES string of the molecule is C#C.C=CCS/C=C(\C/C=C/C(C)=C/C(=O)OC)c1cc(C(C)C)cc(C(C)C)c1OC. The number of benzene rings is 1. The van der Waals surface area contributed by atoms with Crippen LogP contribution in [-0.4, -0.2) is 25.9 Å². The van der Waals surface area contributed by atoms with E-state index in [0.29, 0.717) is 11.8 Å². The molecular formula is C28H38O3S. The van der Waals surface area contributed by atoms with E-state index >= 15 is 0 Å². The van der Waals surface area contributed by atoms with Crippen LogP contribution in [0.15, 0.2) is 54.0 Å². The van der Waals surface area contributed by atoms with Gasteiger partial charge in [-0.2, -0.15) is 0 Å². The van der Waals surface area contributed by atoms with E-state index in [9.17, 15) is 4.79 Å². The highest BCUT2D eigenvalue weighted by molar-refractivity contribution is 8.02. The molecule has 0 aliphatic carbocycles. The van der Waals surface area contributed by atoms with Crippen molar-refractivity contribution in [2.45, 2.75) is 52.9 Å². The number of hydrogen-bond donors (Lipinski definition) is 0. The van der Waals surface area contributed by atoms with Crippen molar-refractivity contribution >= 4 is 23.3 Å². The van der Waals surface area contributed by atoms with Crippen LogP contribution in [0.5, 0.6) is 5.75 Å². The quantitative estimate of drug-likeness (QED) is 0.0865. The lowest BCUT2D eigenvalue weighted by molar-refractivity contribution is -0.134. The first kappa shape index (κ1) is 29.4. The average Bonchev–Trinajstić information content (AvgIpc) is 2.78. The van der Waals surface area contributed by atoms with Gasteiger partial charge in [-0.05, 0) is 58.9 Å². The van der Waals surface area contributed by atoms with Gasteiger partial charge in [0.15, 0.2) is 0 Å². The Hall–Kier alpha value is -2.64. The summed E-state index contributed by atoms with van der Waals surface area (Å²) in [5.41, 5.74) is 5.70. The first-order chi connectivity index (χ1) is 15.2. The second kappa shape index (κ2) is 16.1. The van der Waals surface area contributed by atoms with Crippen LogP contribution >= 0.6 is 11.8 Å². The first-order valence-electron chi connectivity index (χ1n) is 10.6. The molecule has 0 unspecified atom stereocenters. The van der Waals surface area contributed by atoms with Crippen LogP contribution in [-0.2, 0) is 9.53 Å². The fourth-order valence-electron chi connectivity index (χ4n) is 3.01. The molecule has 174 valence electrons. The van der Waals surface area contributed by atoms with Gasteiger partial charge in [0, 0.05) is 17.4 Å². The van der Waals surface area contributed by atoms with Crippen molar-refractivity contribution in [2.75, 3.05) is 20.0 Å². The highest BCUT2D eigenvalue weighted by Gasteiger charge is 2.18. The van der Waals surface area contributed by atoms with Gasteiger partial charge < -0.3 is 9.47 Å². The van der Waals surface area contributed by atoms with Gasteiger partial charge in [0.2, 0.25) is 0 Å². The molecule has 0 aliphatic rings. The molecule has 0 saturated heterocycles. The van der Waals surface area contributed by atoms with Gasteiger partial charge in [0.25, 0.3) is 0 Å². The number of thioether (sulfide) groups is 1. The van der Waals surface area contributed by atoms with Gasteiger partial charge >= 0.3 is 5.97 Å². The number of methoxy groups -OCH3 is 2. The van der Waals surface area contributed by atoms with Crippen molar-refractivity contribution < 1.29 is 14.3 Å². The molecule has 0 atom stereocenters. The molecule has 1 aromatic carbocycles. The Morgan fingerprint density at radius 1 is 1.16 bits per heavy atom. The summed E-state index contributed by atoms with van der Waals surface area (Å²) in [6.45, 7) is 14.5. The number of terminal acetylenes is 1. The molecular weight excluding hydrogens is 416 g/mol. The molecule has 0 N–H and O–H groups in total. The third kappa shape index (κ3) is 9.66. The van der Waals surface area contributed by atoms with E-state index in [1.807, 2.05) is 19.1 Å². The Morgan fingerprint density at radius 3 is 2.31 bits per heavy atom. The molecule has 1 aromatic rings. The van der Waals surface area contributed by atoms with E-state index in [1.54, 1.807) is 18.9 Å². The summed E-state index contributed by atoms with van der Waals surface area (Å²) in [6.07, 6.45) is 16.1. The van der Waals surface area contributed by atoms with Gasteiger partial charge in [-0.1, -0.05) is 52.0 Å². The molecule has 3 nitrogen and oxygen atoms in total. The van der Waals surface area contributed by atoms with Crippen LogP contribution in [0.3, 0.4) is 0 Å². The number of allylic oxidation sites excluding steroid dienone is 4. The first-order valence-corrected chi connectivity index (χ1v) is 11.7. The highest BCUT2D eigenvalue weighted by Crippen LogP contribution is 2.39. The van der Waals surface area contributed by atoms with Crippen LogP contribution in [0.25, 0.3) is 5.57 Å². The third-order valence-corrected chi connectivity index (χ3v) is 5.56. The van der Waals surface area contributed by atoms with Gasteiger partial charge in [0.1, 0.15) is 5.75 Å². The van der Waals surface area contributed by atoms with E-state index in [0.717, 1.165) is 29.1 Å². The second-order valence-electron chi connectivity index (χ2n) is 7.78. The van der Waals surface area contributed by atoms with Crippen molar-refractivity contribution in [3.63, 3.8) is 0 Å². The molecule has 0 radical (unpaired) electrons. The molecule has 0 heterocycles. The normalized spacial score (nSPS) is 12.0. The van der Waals surface area contributed by atoms with Crippen LogP contribution in [0, 0.1) is 12.8 Å². The van der Waals surface area contributed by atoms with Crippen LogP contribution in [0.2, 0.25) is 0 Å².